The molecule has 0 bridgehead atoms. The number of rotatable bonds is 8. The van der Waals surface area contributed by atoms with Gasteiger partial charge in [-0.1, -0.05) is 48.9 Å². The Hall–Kier alpha value is -2.73. The van der Waals surface area contributed by atoms with Crippen molar-refractivity contribution in [2.24, 2.45) is 0 Å². The van der Waals surface area contributed by atoms with Gasteiger partial charge in [0.25, 0.3) is 5.91 Å². The molecule has 4 nitrogen and oxygen atoms in total. The molecular formula is C22H23FN2O2S. The van der Waals surface area contributed by atoms with Gasteiger partial charge in [0.1, 0.15) is 5.01 Å². The first-order valence-corrected chi connectivity index (χ1v) is 10.1. The second kappa shape index (κ2) is 9.46. The van der Waals surface area contributed by atoms with Crippen LogP contribution < -0.4 is 10.1 Å². The molecule has 1 atom stereocenters. The summed E-state index contributed by atoms with van der Waals surface area (Å²) in [6.45, 7) is 4.34. The molecule has 0 unspecified atom stereocenters. The van der Waals surface area contributed by atoms with E-state index in [0.717, 1.165) is 16.3 Å². The van der Waals surface area contributed by atoms with Crippen LogP contribution in [-0.2, 0) is 11.2 Å². The van der Waals surface area contributed by atoms with E-state index >= 15 is 0 Å². The van der Waals surface area contributed by atoms with Gasteiger partial charge in [0.05, 0.1) is 5.69 Å². The van der Waals surface area contributed by atoms with Crippen LogP contribution in [-0.4, -0.2) is 23.5 Å². The number of hydrogen-bond donors (Lipinski definition) is 1. The number of nitrogens with one attached hydrogen (secondary N) is 1. The van der Waals surface area contributed by atoms with Gasteiger partial charge >= 0.3 is 0 Å². The Morgan fingerprint density at radius 2 is 1.96 bits per heavy atom. The first kappa shape index (κ1) is 20.0. The van der Waals surface area contributed by atoms with Crippen LogP contribution in [0.1, 0.15) is 24.6 Å². The van der Waals surface area contributed by atoms with E-state index in [-0.39, 0.29) is 11.7 Å². The minimum Gasteiger partial charge on any atom is -0.478 e. The average Bonchev–Trinajstić information content (AvgIpc) is 3.16. The minimum absolute atomic E-state index is 0.0896. The van der Waals surface area contributed by atoms with Crippen molar-refractivity contribution in [2.45, 2.75) is 32.8 Å². The number of thiazole rings is 1. The lowest BCUT2D eigenvalue weighted by molar-refractivity contribution is -0.128. The van der Waals surface area contributed by atoms with Crippen LogP contribution in [0.4, 0.5) is 4.39 Å². The third kappa shape index (κ3) is 5.16. The summed E-state index contributed by atoms with van der Waals surface area (Å²) in [5, 5.41) is 5.83. The molecule has 2 aromatic carbocycles. The van der Waals surface area contributed by atoms with Crippen LogP contribution in [0.15, 0.2) is 53.9 Å². The lowest BCUT2D eigenvalue weighted by Gasteiger charge is -2.17. The second-order valence-corrected chi connectivity index (χ2v) is 7.35. The third-order valence-electron chi connectivity index (χ3n) is 4.30. The number of para-hydroxylation sites is 1. The van der Waals surface area contributed by atoms with E-state index in [1.807, 2.05) is 12.3 Å². The maximum Gasteiger partial charge on any atom is 0.261 e. The molecular weight excluding hydrogens is 375 g/mol. The van der Waals surface area contributed by atoms with Gasteiger partial charge in [0, 0.05) is 23.9 Å². The molecule has 0 saturated heterocycles. The Morgan fingerprint density at radius 3 is 2.68 bits per heavy atom. The first-order chi connectivity index (χ1) is 13.6. The van der Waals surface area contributed by atoms with E-state index in [1.165, 1.54) is 17.7 Å². The average molecular weight is 399 g/mol. The number of hydrogen-bond acceptors (Lipinski definition) is 4. The summed E-state index contributed by atoms with van der Waals surface area (Å²) in [6.07, 6.45) is 0.356. The summed E-state index contributed by atoms with van der Waals surface area (Å²) in [7, 11) is 0. The van der Waals surface area contributed by atoms with Crippen molar-refractivity contribution in [3.63, 3.8) is 0 Å². The quantitative estimate of drug-likeness (QED) is 0.594. The zero-order valence-corrected chi connectivity index (χ0v) is 16.8. The van der Waals surface area contributed by atoms with Crippen LogP contribution in [0.3, 0.4) is 0 Å². The summed E-state index contributed by atoms with van der Waals surface area (Å²) in [4.78, 5) is 17.0. The summed E-state index contributed by atoms with van der Waals surface area (Å²) in [5.41, 5.74) is 3.24. The number of benzene rings is 2. The van der Waals surface area contributed by atoms with Crippen molar-refractivity contribution < 1.29 is 13.9 Å². The molecule has 0 saturated carbocycles. The van der Waals surface area contributed by atoms with Crippen molar-refractivity contribution in [3.8, 4) is 16.3 Å². The van der Waals surface area contributed by atoms with Crippen molar-refractivity contribution >= 4 is 17.2 Å². The molecule has 0 spiro atoms. The number of amides is 1. The van der Waals surface area contributed by atoms with Crippen molar-refractivity contribution in [1.29, 1.82) is 0 Å². The van der Waals surface area contributed by atoms with Gasteiger partial charge in [-0.05, 0) is 25.5 Å². The van der Waals surface area contributed by atoms with Gasteiger partial charge in [-0.25, -0.2) is 9.37 Å². The molecule has 0 aliphatic carbocycles. The number of aryl methyl sites for hydroxylation is 1. The fourth-order valence-corrected chi connectivity index (χ4v) is 3.55. The number of ether oxygens (including phenoxy) is 1. The highest BCUT2D eigenvalue weighted by Crippen LogP contribution is 2.24. The van der Waals surface area contributed by atoms with E-state index in [9.17, 15) is 9.18 Å². The maximum absolute atomic E-state index is 13.7. The van der Waals surface area contributed by atoms with E-state index in [0.29, 0.717) is 19.4 Å². The molecule has 1 aromatic heterocycles. The molecule has 0 fully saturated rings. The SMILES string of the molecule is CC[C@@H](Oc1ccccc1F)C(=O)NCCc1csc(-c2ccc(C)cc2)n1. The predicted molar refractivity (Wildman–Crippen MR) is 110 cm³/mol. The number of carbonyl (C=O) groups excluding carboxylic acids is 1. The summed E-state index contributed by atoms with van der Waals surface area (Å²) in [6, 6.07) is 14.4. The number of carbonyl (C=O) groups is 1. The van der Waals surface area contributed by atoms with Gasteiger partial charge < -0.3 is 10.1 Å². The maximum atomic E-state index is 13.7. The fourth-order valence-electron chi connectivity index (χ4n) is 2.69. The zero-order chi connectivity index (χ0) is 19.9. The molecule has 0 aliphatic rings. The lowest BCUT2D eigenvalue weighted by atomic mass is 10.2. The Bertz CT molecular complexity index is 924. The number of aromatic nitrogens is 1. The molecule has 1 heterocycles. The van der Waals surface area contributed by atoms with Crippen molar-refractivity contribution in [2.75, 3.05) is 6.54 Å². The highest BCUT2D eigenvalue weighted by atomic mass is 32.1. The van der Waals surface area contributed by atoms with Gasteiger partial charge in [0.15, 0.2) is 17.7 Å². The Balaban J connectivity index is 1.52. The molecule has 0 aliphatic heterocycles. The standard InChI is InChI=1S/C22H23FN2O2S/c1-3-19(27-20-7-5-4-6-18(20)23)21(26)24-13-12-17-14-28-22(25-17)16-10-8-15(2)9-11-16/h4-11,14,19H,3,12-13H2,1-2H3,(H,24,26)/t19-/m1/s1. The van der Waals surface area contributed by atoms with Crippen LogP contribution >= 0.6 is 11.3 Å². The third-order valence-corrected chi connectivity index (χ3v) is 5.24. The van der Waals surface area contributed by atoms with Crippen LogP contribution in [0.5, 0.6) is 5.75 Å². The van der Waals surface area contributed by atoms with E-state index in [2.05, 4.69) is 41.5 Å². The summed E-state index contributed by atoms with van der Waals surface area (Å²) < 4.78 is 19.3. The molecule has 6 heteroatoms. The smallest absolute Gasteiger partial charge is 0.261 e. The van der Waals surface area contributed by atoms with Crippen LogP contribution in [0.25, 0.3) is 10.6 Å². The fraction of sp³-hybridized carbons (Fsp3) is 0.273. The zero-order valence-electron chi connectivity index (χ0n) is 15.9. The molecule has 3 rings (SSSR count). The molecule has 3 aromatic rings. The van der Waals surface area contributed by atoms with Crippen molar-refractivity contribution in [1.82, 2.24) is 10.3 Å². The summed E-state index contributed by atoms with van der Waals surface area (Å²) >= 11 is 1.59. The second-order valence-electron chi connectivity index (χ2n) is 6.50. The van der Waals surface area contributed by atoms with Gasteiger partial charge in [-0.3, -0.25) is 4.79 Å². The number of halogens is 1. The van der Waals surface area contributed by atoms with E-state index < -0.39 is 11.9 Å². The first-order valence-electron chi connectivity index (χ1n) is 9.27. The minimum atomic E-state index is -0.726. The van der Waals surface area contributed by atoms with Gasteiger partial charge in [-0.2, -0.15) is 0 Å². The predicted octanol–water partition coefficient (Wildman–Crippen LogP) is 4.77. The normalized spacial score (nSPS) is 11.8. The molecule has 146 valence electrons. The highest BCUT2D eigenvalue weighted by Gasteiger charge is 2.19. The monoisotopic (exact) mass is 398 g/mol. The summed E-state index contributed by atoms with van der Waals surface area (Å²) in [5.74, 6) is -0.633. The topological polar surface area (TPSA) is 51.2 Å². The highest BCUT2D eigenvalue weighted by molar-refractivity contribution is 7.13. The molecule has 0 radical (unpaired) electrons. The Kier molecular flexibility index (Phi) is 6.76. The largest absolute Gasteiger partial charge is 0.478 e. The van der Waals surface area contributed by atoms with Crippen molar-refractivity contribution in [3.05, 3.63) is 71.0 Å². The molecule has 1 N–H and O–H groups in total. The van der Waals surface area contributed by atoms with E-state index in [4.69, 9.17) is 4.74 Å². The lowest BCUT2D eigenvalue weighted by Crippen LogP contribution is -2.39. The molecule has 1 amide bonds. The molecule has 28 heavy (non-hydrogen) atoms. The Morgan fingerprint density at radius 1 is 1.21 bits per heavy atom. The van der Waals surface area contributed by atoms with Crippen LogP contribution in [0.2, 0.25) is 0 Å². The van der Waals surface area contributed by atoms with Crippen LogP contribution in [0, 0.1) is 12.7 Å². The van der Waals surface area contributed by atoms with Gasteiger partial charge in [-0.15, -0.1) is 11.3 Å². The number of nitrogens with zero attached hydrogens (tertiary/aromatic N) is 1. The van der Waals surface area contributed by atoms with Gasteiger partial charge in [0.2, 0.25) is 0 Å². The van der Waals surface area contributed by atoms with E-state index in [1.54, 1.807) is 23.5 Å². The Labute approximate surface area is 168 Å².